The molecule has 1 aromatic heterocycles. The van der Waals surface area contributed by atoms with Crippen molar-refractivity contribution in [1.82, 2.24) is 19.9 Å². The molecule has 7 heteroatoms. The number of nitrogens with zero attached hydrogens (tertiary/aromatic N) is 6. The molecule has 0 fully saturated rings. The lowest BCUT2D eigenvalue weighted by molar-refractivity contribution is 0.0707. The Kier molecular flexibility index (Phi) is 4.09. The Morgan fingerprint density at radius 3 is 2.63 bits per heavy atom. The Hall–Kier alpha value is -3.66. The Balaban J connectivity index is 1.65. The van der Waals surface area contributed by atoms with E-state index in [2.05, 4.69) is 16.4 Å². The first-order chi connectivity index (χ1) is 13.1. The minimum Gasteiger partial charge on any atom is -0.348 e. The van der Waals surface area contributed by atoms with E-state index >= 15 is 0 Å². The predicted octanol–water partition coefficient (Wildman–Crippen LogP) is 2.42. The summed E-state index contributed by atoms with van der Waals surface area (Å²) in [5.74, 6) is -0.0434. The molecule has 2 aromatic carbocycles. The van der Waals surface area contributed by atoms with Gasteiger partial charge in [0, 0.05) is 14.1 Å². The van der Waals surface area contributed by atoms with E-state index in [0.29, 0.717) is 23.4 Å². The average Bonchev–Trinajstić information content (AvgIpc) is 3.15. The SMILES string of the molecule is CN1C(=O)c2ccccc2N(C)[C@H]1c1cn(Cc2ccccc2C#N)nn1. The van der Waals surface area contributed by atoms with Crippen molar-refractivity contribution in [2.45, 2.75) is 12.7 Å². The second kappa shape index (κ2) is 6.57. The zero-order chi connectivity index (χ0) is 19.0. The van der Waals surface area contributed by atoms with Crippen LogP contribution in [-0.2, 0) is 6.54 Å². The second-order valence-corrected chi connectivity index (χ2v) is 6.53. The number of rotatable bonds is 3. The molecule has 0 unspecified atom stereocenters. The van der Waals surface area contributed by atoms with Gasteiger partial charge in [0.25, 0.3) is 5.91 Å². The number of nitriles is 1. The van der Waals surface area contributed by atoms with E-state index in [1.54, 1.807) is 22.7 Å². The van der Waals surface area contributed by atoms with Crippen molar-refractivity contribution in [3.05, 3.63) is 77.1 Å². The lowest BCUT2D eigenvalue weighted by Gasteiger charge is -2.40. The molecular weight excluding hydrogens is 340 g/mol. The van der Waals surface area contributed by atoms with Gasteiger partial charge < -0.3 is 9.80 Å². The molecule has 134 valence electrons. The summed E-state index contributed by atoms with van der Waals surface area (Å²) in [5, 5.41) is 17.7. The molecule has 1 aliphatic heterocycles. The number of fused-ring (bicyclic) bond motifs is 1. The molecule has 0 N–H and O–H groups in total. The summed E-state index contributed by atoms with van der Waals surface area (Å²) in [4.78, 5) is 16.4. The molecule has 1 aliphatic rings. The van der Waals surface area contributed by atoms with Gasteiger partial charge in [-0.1, -0.05) is 35.5 Å². The molecule has 0 aliphatic carbocycles. The minimum absolute atomic E-state index is 0.0434. The molecule has 1 atom stereocenters. The molecular formula is C20H18N6O. The topological polar surface area (TPSA) is 78.0 Å². The van der Waals surface area contributed by atoms with E-state index < -0.39 is 0 Å². The van der Waals surface area contributed by atoms with Crippen LogP contribution in [0.4, 0.5) is 5.69 Å². The number of para-hydroxylation sites is 1. The number of carbonyl (C=O) groups excluding carboxylic acids is 1. The smallest absolute Gasteiger partial charge is 0.257 e. The molecule has 27 heavy (non-hydrogen) atoms. The van der Waals surface area contributed by atoms with Gasteiger partial charge in [0.05, 0.1) is 35.6 Å². The molecule has 3 aromatic rings. The number of benzene rings is 2. The first-order valence-electron chi connectivity index (χ1n) is 8.57. The van der Waals surface area contributed by atoms with Crippen molar-refractivity contribution in [3.8, 4) is 6.07 Å². The van der Waals surface area contributed by atoms with Gasteiger partial charge in [-0.25, -0.2) is 4.68 Å². The summed E-state index contributed by atoms with van der Waals surface area (Å²) >= 11 is 0. The van der Waals surface area contributed by atoms with Crippen LogP contribution in [0.1, 0.15) is 33.3 Å². The Morgan fingerprint density at radius 2 is 1.81 bits per heavy atom. The van der Waals surface area contributed by atoms with Crippen LogP contribution in [0, 0.1) is 11.3 Å². The van der Waals surface area contributed by atoms with Crippen molar-refractivity contribution in [1.29, 1.82) is 5.26 Å². The van der Waals surface area contributed by atoms with E-state index in [1.807, 2.05) is 60.6 Å². The maximum absolute atomic E-state index is 12.7. The highest BCUT2D eigenvalue weighted by molar-refractivity contribution is 6.01. The molecule has 4 rings (SSSR count). The van der Waals surface area contributed by atoms with E-state index in [1.165, 1.54) is 0 Å². The molecule has 7 nitrogen and oxygen atoms in total. The molecule has 0 bridgehead atoms. The molecule has 0 saturated carbocycles. The monoisotopic (exact) mass is 358 g/mol. The lowest BCUT2D eigenvalue weighted by atomic mass is 10.1. The average molecular weight is 358 g/mol. The van der Waals surface area contributed by atoms with E-state index in [0.717, 1.165) is 11.3 Å². The highest BCUT2D eigenvalue weighted by atomic mass is 16.2. The number of hydrogen-bond donors (Lipinski definition) is 0. The summed E-state index contributed by atoms with van der Waals surface area (Å²) in [6.07, 6.45) is 1.49. The lowest BCUT2D eigenvalue weighted by Crippen LogP contribution is -2.45. The quantitative estimate of drug-likeness (QED) is 0.718. The second-order valence-electron chi connectivity index (χ2n) is 6.53. The fourth-order valence-corrected chi connectivity index (χ4v) is 3.50. The first kappa shape index (κ1) is 16.8. The molecule has 2 heterocycles. The molecule has 0 spiro atoms. The van der Waals surface area contributed by atoms with Gasteiger partial charge in [-0.15, -0.1) is 5.10 Å². The van der Waals surface area contributed by atoms with Crippen molar-refractivity contribution < 1.29 is 4.79 Å². The van der Waals surface area contributed by atoms with Crippen molar-refractivity contribution >= 4 is 11.6 Å². The first-order valence-corrected chi connectivity index (χ1v) is 8.57. The predicted molar refractivity (Wildman–Crippen MR) is 100.0 cm³/mol. The largest absolute Gasteiger partial charge is 0.348 e. The number of anilines is 1. The zero-order valence-electron chi connectivity index (χ0n) is 15.1. The Labute approximate surface area is 157 Å². The fraction of sp³-hybridized carbons (Fsp3) is 0.200. The maximum atomic E-state index is 12.7. The normalized spacial score (nSPS) is 16.2. The highest BCUT2D eigenvalue weighted by Crippen LogP contribution is 2.35. The van der Waals surface area contributed by atoms with Gasteiger partial charge in [0.2, 0.25) is 0 Å². The van der Waals surface area contributed by atoms with Crippen LogP contribution in [0.5, 0.6) is 0 Å². The third-order valence-corrected chi connectivity index (χ3v) is 4.86. The van der Waals surface area contributed by atoms with Gasteiger partial charge in [-0.2, -0.15) is 5.26 Å². The third kappa shape index (κ3) is 2.81. The maximum Gasteiger partial charge on any atom is 0.257 e. The van der Waals surface area contributed by atoms with Crippen LogP contribution in [0.15, 0.2) is 54.7 Å². The number of hydrogen-bond acceptors (Lipinski definition) is 5. The van der Waals surface area contributed by atoms with Crippen LogP contribution in [0.3, 0.4) is 0 Å². The molecule has 1 amide bonds. The van der Waals surface area contributed by atoms with Crippen LogP contribution >= 0.6 is 0 Å². The Bertz CT molecular complexity index is 1050. The number of amides is 1. The van der Waals surface area contributed by atoms with Gasteiger partial charge in [-0.05, 0) is 23.8 Å². The summed E-state index contributed by atoms with van der Waals surface area (Å²) in [5.41, 5.74) is 3.72. The standard InChI is InChI=1S/C20H18N6O/c1-24-18-10-6-5-9-16(18)20(27)25(2)19(24)17-13-26(23-22-17)12-15-8-4-3-7-14(15)11-21/h3-10,13,19H,12H2,1-2H3/t19-/m1/s1. The van der Waals surface area contributed by atoms with Gasteiger partial charge in [-0.3, -0.25) is 4.79 Å². The van der Waals surface area contributed by atoms with Gasteiger partial charge >= 0.3 is 0 Å². The van der Waals surface area contributed by atoms with Gasteiger partial charge in [0.1, 0.15) is 5.69 Å². The third-order valence-electron chi connectivity index (χ3n) is 4.86. The fourth-order valence-electron chi connectivity index (χ4n) is 3.50. The van der Waals surface area contributed by atoms with Crippen LogP contribution in [0.25, 0.3) is 0 Å². The highest BCUT2D eigenvalue weighted by Gasteiger charge is 2.35. The van der Waals surface area contributed by atoms with E-state index in [9.17, 15) is 10.1 Å². The summed E-state index contributed by atoms with van der Waals surface area (Å²) < 4.78 is 1.69. The zero-order valence-corrected chi connectivity index (χ0v) is 15.1. The minimum atomic E-state index is -0.340. The van der Waals surface area contributed by atoms with Gasteiger partial charge in [0.15, 0.2) is 6.17 Å². The number of aromatic nitrogens is 3. The van der Waals surface area contributed by atoms with Crippen LogP contribution in [-0.4, -0.2) is 39.9 Å². The summed E-state index contributed by atoms with van der Waals surface area (Å²) in [6, 6.07) is 17.2. The van der Waals surface area contributed by atoms with Crippen LogP contribution < -0.4 is 4.90 Å². The summed E-state index contributed by atoms with van der Waals surface area (Å²) in [7, 11) is 3.71. The molecule has 0 saturated heterocycles. The summed E-state index contributed by atoms with van der Waals surface area (Å²) in [6.45, 7) is 0.446. The van der Waals surface area contributed by atoms with E-state index in [-0.39, 0.29) is 12.1 Å². The van der Waals surface area contributed by atoms with Crippen molar-refractivity contribution in [2.24, 2.45) is 0 Å². The number of carbonyl (C=O) groups is 1. The molecule has 0 radical (unpaired) electrons. The van der Waals surface area contributed by atoms with E-state index in [4.69, 9.17) is 0 Å². The Morgan fingerprint density at radius 1 is 1.07 bits per heavy atom. The van der Waals surface area contributed by atoms with Crippen molar-refractivity contribution in [3.63, 3.8) is 0 Å². The van der Waals surface area contributed by atoms with Crippen molar-refractivity contribution in [2.75, 3.05) is 19.0 Å². The van der Waals surface area contributed by atoms with Crippen LogP contribution in [0.2, 0.25) is 0 Å².